The highest BCUT2D eigenvalue weighted by molar-refractivity contribution is 8.13. The van der Waals surface area contributed by atoms with Crippen molar-refractivity contribution in [2.75, 3.05) is 0 Å². The Bertz CT molecular complexity index is 812. The molecule has 1 heterocycles. The number of aromatic nitrogens is 1. The van der Waals surface area contributed by atoms with E-state index in [9.17, 15) is 17.6 Å². The molecule has 7 heteroatoms. The van der Waals surface area contributed by atoms with Crippen molar-refractivity contribution in [3.63, 3.8) is 0 Å². The number of hydrogen-bond donors (Lipinski definition) is 0. The van der Waals surface area contributed by atoms with Gasteiger partial charge < -0.3 is 4.57 Å². The summed E-state index contributed by atoms with van der Waals surface area (Å²) in [5, 5.41) is -0.00424. The Morgan fingerprint density at radius 2 is 1.95 bits per heavy atom. The van der Waals surface area contributed by atoms with Gasteiger partial charge in [0.1, 0.15) is 10.7 Å². The van der Waals surface area contributed by atoms with Crippen molar-refractivity contribution in [2.24, 2.45) is 0 Å². The lowest BCUT2D eigenvalue weighted by Crippen LogP contribution is -2.17. The van der Waals surface area contributed by atoms with Gasteiger partial charge >= 0.3 is 0 Å². The predicted octanol–water partition coefficient (Wildman–Crippen LogP) is 2.65. The second kappa shape index (κ2) is 4.61. The molecule has 0 aliphatic carbocycles. The predicted molar refractivity (Wildman–Crippen MR) is 71.6 cm³/mol. The van der Waals surface area contributed by atoms with Crippen molar-refractivity contribution in [2.45, 2.75) is 24.8 Å². The molecule has 0 unspecified atom stereocenters. The van der Waals surface area contributed by atoms with Crippen molar-refractivity contribution in [1.82, 2.24) is 4.57 Å². The molecule has 0 amide bonds. The number of hydrogen-bond acceptors (Lipinski definition) is 3. The smallest absolute Gasteiger partial charge is 0.266 e. The van der Waals surface area contributed by atoms with Crippen LogP contribution in [0.25, 0.3) is 10.9 Å². The first-order valence-electron chi connectivity index (χ1n) is 5.51. The number of benzene rings is 1. The number of halogens is 2. The summed E-state index contributed by atoms with van der Waals surface area (Å²) in [6.45, 7) is 3.63. The number of nitrogens with zero attached hydrogens (tertiary/aromatic N) is 1. The maximum atomic E-state index is 13.2. The minimum atomic E-state index is -4.18. The average Bonchev–Trinajstić information content (AvgIpc) is 2.28. The van der Waals surface area contributed by atoms with E-state index in [2.05, 4.69) is 0 Å². The molecule has 0 aliphatic rings. The van der Waals surface area contributed by atoms with E-state index in [1.54, 1.807) is 4.57 Å². The van der Waals surface area contributed by atoms with Crippen LogP contribution >= 0.6 is 10.7 Å². The van der Waals surface area contributed by atoms with E-state index in [4.69, 9.17) is 10.7 Å². The van der Waals surface area contributed by atoms with Gasteiger partial charge in [-0.25, -0.2) is 12.8 Å². The van der Waals surface area contributed by atoms with E-state index >= 15 is 0 Å². The molecule has 0 radical (unpaired) electrons. The maximum Gasteiger partial charge on any atom is 0.266 e. The molecule has 0 N–H and O–H groups in total. The molecule has 0 bridgehead atoms. The Balaban J connectivity index is 3.04. The monoisotopic (exact) mass is 303 g/mol. The third-order valence-electron chi connectivity index (χ3n) is 2.78. The first-order chi connectivity index (χ1) is 8.71. The second-order valence-corrected chi connectivity index (χ2v) is 6.96. The Labute approximate surface area is 113 Å². The van der Waals surface area contributed by atoms with Gasteiger partial charge in [-0.2, -0.15) is 0 Å². The van der Waals surface area contributed by atoms with Crippen LogP contribution in [-0.2, 0) is 9.05 Å². The highest BCUT2D eigenvalue weighted by Gasteiger charge is 2.20. The van der Waals surface area contributed by atoms with Crippen LogP contribution in [0.3, 0.4) is 0 Å². The summed E-state index contributed by atoms with van der Waals surface area (Å²) in [6.07, 6.45) is 1.19. The van der Waals surface area contributed by atoms with Crippen molar-refractivity contribution in [1.29, 1.82) is 0 Å². The summed E-state index contributed by atoms with van der Waals surface area (Å²) in [7, 11) is 1.07. The summed E-state index contributed by atoms with van der Waals surface area (Å²) in [4.78, 5) is 11.5. The van der Waals surface area contributed by atoms with Gasteiger partial charge in [0.2, 0.25) is 5.43 Å². The first kappa shape index (κ1) is 14.0. The highest BCUT2D eigenvalue weighted by atomic mass is 35.7. The van der Waals surface area contributed by atoms with Gasteiger partial charge in [0.05, 0.1) is 5.52 Å². The van der Waals surface area contributed by atoms with Crippen LogP contribution in [0.15, 0.2) is 34.1 Å². The Kier molecular flexibility index (Phi) is 3.40. The van der Waals surface area contributed by atoms with Gasteiger partial charge in [0.15, 0.2) is 0 Å². The van der Waals surface area contributed by atoms with Crippen LogP contribution in [0.2, 0.25) is 0 Å². The molecule has 1 aromatic carbocycles. The lowest BCUT2D eigenvalue weighted by Gasteiger charge is -2.15. The van der Waals surface area contributed by atoms with Crippen LogP contribution < -0.4 is 5.43 Å². The first-order valence-corrected chi connectivity index (χ1v) is 7.82. The SMILES string of the molecule is CC(C)n1cc(S(=O)(=O)Cl)c(=O)c2cc(F)ccc21. The maximum absolute atomic E-state index is 13.2. The highest BCUT2D eigenvalue weighted by Crippen LogP contribution is 2.21. The third kappa shape index (κ3) is 2.50. The molecule has 19 heavy (non-hydrogen) atoms. The average molecular weight is 304 g/mol. The van der Waals surface area contributed by atoms with Crippen molar-refractivity contribution in [3.8, 4) is 0 Å². The zero-order valence-corrected chi connectivity index (χ0v) is 11.8. The molecular weight excluding hydrogens is 293 g/mol. The van der Waals surface area contributed by atoms with Gasteiger partial charge in [-0.3, -0.25) is 4.79 Å². The summed E-state index contributed by atoms with van der Waals surface area (Å²) in [5.74, 6) is -0.607. The van der Waals surface area contributed by atoms with Crippen LogP contribution in [0.1, 0.15) is 19.9 Å². The number of fused-ring (bicyclic) bond motifs is 1. The fourth-order valence-corrected chi connectivity index (χ4v) is 2.80. The van der Waals surface area contributed by atoms with E-state index in [0.29, 0.717) is 5.52 Å². The molecule has 102 valence electrons. The van der Waals surface area contributed by atoms with Crippen LogP contribution in [0, 0.1) is 5.82 Å². The van der Waals surface area contributed by atoms with E-state index < -0.39 is 25.2 Å². The van der Waals surface area contributed by atoms with Gasteiger partial charge in [0, 0.05) is 28.3 Å². The van der Waals surface area contributed by atoms with Gasteiger partial charge in [-0.1, -0.05) is 0 Å². The Morgan fingerprint density at radius 3 is 2.47 bits per heavy atom. The number of rotatable bonds is 2. The van der Waals surface area contributed by atoms with Crippen molar-refractivity contribution in [3.05, 3.63) is 40.4 Å². The molecule has 4 nitrogen and oxygen atoms in total. The lowest BCUT2D eigenvalue weighted by atomic mass is 10.2. The molecule has 2 rings (SSSR count). The minimum absolute atomic E-state index is 0.00424. The molecule has 0 saturated heterocycles. The molecule has 0 aliphatic heterocycles. The second-order valence-electron chi connectivity index (χ2n) is 4.42. The molecule has 0 fully saturated rings. The summed E-state index contributed by atoms with van der Waals surface area (Å²) >= 11 is 0. The van der Waals surface area contributed by atoms with Gasteiger partial charge in [0.25, 0.3) is 9.05 Å². The molecule has 2 aromatic rings. The summed E-state index contributed by atoms with van der Waals surface area (Å²) in [6, 6.07) is 3.57. The molecule has 0 spiro atoms. The minimum Gasteiger partial charge on any atom is -0.343 e. The fourth-order valence-electron chi connectivity index (χ4n) is 1.90. The molecular formula is C12H11ClFNO3S. The normalized spacial score (nSPS) is 12.3. The van der Waals surface area contributed by atoms with Crippen LogP contribution in [-0.4, -0.2) is 13.0 Å². The van der Waals surface area contributed by atoms with E-state index in [1.807, 2.05) is 13.8 Å². The third-order valence-corrected chi connectivity index (χ3v) is 4.10. The van der Waals surface area contributed by atoms with Gasteiger partial charge in [-0.05, 0) is 32.0 Å². The molecule has 1 aromatic heterocycles. The number of pyridine rings is 1. The van der Waals surface area contributed by atoms with Crippen molar-refractivity contribution < 1.29 is 12.8 Å². The van der Waals surface area contributed by atoms with E-state index in [0.717, 1.165) is 6.07 Å². The van der Waals surface area contributed by atoms with E-state index in [1.165, 1.54) is 18.3 Å². The summed E-state index contributed by atoms with van der Waals surface area (Å²) in [5.41, 5.74) is -0.327. The zero-order valence-electron chi connectivity index (χ0n) is 10.2. The fraction of sp³-hybridized carbons (Fsp3) is 0.250. The molecule has 0 atom stereocenters. The quantitative estimate of drug-likeness (QED) is 0.801. The molecule has 0 saturated carbocycles. The topological polar surface area (TPSA) is 56.1 Å². The largest absolute Gasteiger partial charge is 0.343 e. The zero-order chi connectivity index (χ0) is 14.4. The van der Waals surface area contributed by atoms with E-state index in [-0.39, 0.29) is 11.4 Å². The van der Waals surface area contributed by atoms with Crippen LogP contribution in [0.5, 0.6) is 0 Å². The van der Waals surface area contributed by atoms with Gasteiger partial charge in [-0.15, -0.1) is 0 Å². The lowest BCUT2D eigenvalue weighted by molar-refractivity contribution is 0.593. The standard InChI is InChI=1S/C12H11ClFNO3S/c1-7(2)15-6-11(19(13,17)18)12(16)9-5-8(14)3-4-10(9)15/h3-7H,1-2H3. The Morgan fingerprint density at radius 1 is 1.32 bits per heavy atom. The summed E-state index contributed by atoms with van der Waals surface area (Å²) < 4.78 is 37.7. The van der Waals surface area contributed by atoms with Crippen LogP contribution in [0.4, 0.5) is 4.39 Å². The van der Waals surface area contributed by atoms with Crippen molar-refractivity contribution >= 4 is 30.6 Å². The Hall–Kier alpha value is -1.40.